The lowest BCUT2D eigenvalue weighted by atomic mass is 9.96. The van der Waals surface area contributed by atoms with Gasteiger partial charge in [0.05, 0.1) is 12.2 Å². The van der Waals surface area contributed by atoms with Gasteiger partial charge < -0.3 is 0 Å². The van der Waals surface area contributed by atoms with Crippen LogP contribution < -0.4 is 0 Å². The number of aromatic nitrogens is 5. The van der Waals surface area contributed by atoms with Crippen molar-refractivity contribution < 1.29 is 8.78 Å². The number of H-pyrrole nitrogens is 1. The lowest BCUT2D eigenvalue weighted by Gasteiger charge is -2.21. The molecule has 0 aliphatic heterocycles. The molecule has 0 amide bonds. The largest absolute Gasteiger partial charge is 0.285 e. The predicted octanol–water partition coefficient (Wildman–Crippen LogP) is 5.36. The summed E-state index contributed by atoms with van der Waals surface area (Å²) in [6, 6.07) is 2.41. The van der Waals surface area contributed by atoms with Crippen molar-refractivity contribution in [3.05, 3.63) is 59.0 Å². The van der Waals surface area contributed by atoms with Crippen LogP contribution in [0.5, 0.6) is 0 Å². The molecule has 3 heterocycles. The molecule has 0 atom stereocenters. The number of nitrogens with zero attached hydrogens (tertiary/aromatic N) is 4. The number of halogens is 2. The van der Waals surface area contributed by atoms with E-state index in [1.54, 1.807) is 18.0 Å². The molecule has 28 heavy (non-hydrogen) atoms. The molecule has 0 spiro atoms. The van der Waals surface area contributed by atoms with Gasteiger partial charge in [0, 0.05) is 29.3 Å². The van der Waals surface area contributed by atoms with Crippen molar-refractivity contribution >= 4 is 17.8 Å². The van der Waals surface area contributed by atoms with Gasteiger partial charge in [0.25, 0.3) is 0 Å². The van der Waals surface area contributed by atoms with Crippen LogP contribution in [0.2, 0.25) is 0 Å². The van der Waals surface area contributed by atoms with Crippen molar-refractivity contribution in [1.82, 2.24) is 25.0 Å². The number of hydrogen-bond donors (Lipinski definition) is 1. The molecule has 1 aliphatic rings. The zero-order chi connectivity index (χ0) is 19.3. The molecular weight excluding hydrogens is 380 g/mol. The maximum Gasteiger partial charge on any atom is 0.213 e. The topological polar surface area (TPSA) is 59.4 Å². The lowest BCUT2D eigenvalue weighted by molar-refractivity contribution is 0.330. The van der Waals surface area contributed by atoms with E-state index in [1.165, 1.54) is 6.42 Å². The van der Waals surface area contributed by atoms with Gasteiger partial charge in [0.2, 0.25) is 5.95 Å². The maximum absolute atomic E-state index is 14.3. The molecule has 0 aromatic carbocycles. The fourth-order valence-corrected chi connectivity index (χ4v) is 4.14. The quantitative estimate of drug-likeness (QED) is 0.565. The molecule has 3 aromatic heterocycles. The summed E-state index contributed by atoms with van der Waals surface area (Å²) in [5, 5.41) is 13.3. The number of hydrogen-bond acceptors (Lipinski definition) is 4. The second-order valence-corrected chi connectivity index (χ2v) is 7.78. The van der Waals surface area contributed by atoms with E-state index >= 15 is 0 Å². The molecule has 4 rings (SSSR count). The van der Waals surface area contributed by atoms with E-state index in [-0.39, 0.29) is 5.69 Å². The first-order valence-corrected chi connectivity index (χ1v) is 10.4. The molecule has 1 fully saturated rings. The first-order valence-electron chi connectivity index (χ1n) is 9.38. The molecule has 0 saturated heterocycles. The highest BCUT2D eigenvalue weighted by atomic mass is 32.2. The standard InChI is InChI=1S/C20H21F2N5S/c21-17-6-7-18(22)25-20(17)19-15(8-9-28-13-14-10-23-24-11-14)12-27(26-19)16-4-2-1-3-5-16/h6-12,16H,1-5,13H2,(H,23,24)/b9-8+. The average Bonchev–Trinajstić information content (AvgIpc) is 3.38. The third-order valence-electron chi connectivity index (χ3n) is 4.89. The van der Waals surface area contributed by atoms with Crippen LogP contribution >= 0.6 is 11.8 Å². The molecule has 0 bridgehead atoms. The molecule has 0 unspecified atom stereocenters. The Kier molecular flexibility index (Phi) is 5.85. The highest BCUT2D eigenvalue weighted by Gasteiger charge is 2.21. The van der Waals surface area contributed by atoms with Crippen molar-refractivity contribution in [1.29, 1.82) is 0 Å². The Hall–Kier alpha value is -2.48. The lowest BCUT2D eigenvalue weighted by Crippen LogP contribution is -2.13. The number of thioether (sulfide) groups is 1. The minimum absolute atomic E-state index is 0.0472. The summed E-state index contributed by atoms with van der Waals surface area (Å²) >= 11 is 1.60. The summed E-state index contributed by atoms with van der Waals surface area (Å²) in [6.07, 6.45) is 13.1. The van der Waals surface area contributed by atoms with Gasteiger partial charge in [-0.1, -0.05) is 19.3 Å². The Balaban J connectivity index is 1.62. The van der Waals surface area contributed by atoms with Gasteiger partial charge in [-0.15, -0.1) is 11.8 Å². The fraction of sp³-hybridized carbons (Fsp3) is 0.350. The fourth-order valence-electron chi connectivity index (χ4n) is 3.45. The minimum atomic E-state index is -0.715. The van der Waals surface area contributed by atoms with Crippen LogP contribution in [0.3, 0.4) is 0 Å². The number of aromatic amines is 1. The highest BCUT2D eigenvalue weighted by Crippen LogP contribution is 2.32. The number of pyridine rings is 1. The summed E-state index contributed by atoms with van der Waals surface area (Å²) in [5.41, 5.74) is 2.16. The normalized spacial score (nSPS) is 15.5. The van der Waals surface area contributed by atoms with E-state index in [9.17, 15) is 8.78 Å². The SMILES string of the molecule is Fc1ccc(F)c(-c2nn(C3CCCCC3)cc2/C=C/SCc2cn[nH]c2)n1. The van der Waals surface area contributed by atoms with E-state index in [0.29, 0.717) is 11.7 Å². The van der Waals surface area contributed by atoms with Crippen molar-refractivity contribution in [2.45, 2.75) is 43.9 Å². The number of rotatable bonds is 6. The molecule has 0 radical (unpaired) electrons. The second kappa shape index (κ2) is 8.68. The Morgan fingerprint density at radius 1 is 1.18 bits per heavy atom. The summed E-state index contributed by atoms with van der Waals surface area (Å²) < 4.78 is 29.9. The van der Waals surface area contributed by atoms with Gasteiger partial charge in [-0.3, -0.25) is 9.78 Å². The third kappa shape index (κ3) is 4.32. The summed E-state index contributed by atoms with van der Waals surface area (Å²) in [4.78, 5) is 3.76. The Labute approximate surface area is 166 Å². The summed E-state index contributed by atoms with van der Waals surface area (Å²) in [7, 11) is 0. The molecule has 5 nitrogen and oxygen atoms in total. The third-order valence-corrected chi connectivity index (χ3v) is 5.72. The van der Waals surface area contributed by atoms with E-state index in [4.69, 9.17) is 0 Å². The summed E-state index contributed by atoms with van der Waals surface area (Å²) in [6.45, 7) is 0. The van der Waals surface area contributed by atoms with Crippen LogP contribution in [0.4, 0.5) is 8.78 Å². The molecule has 8 heteroatoms. The number of nitrogens with one attached hydrogen (secondary N) is 1. The van der Waals surface area contributed by atoms with E-state index in [1.807, 2.05) is 28.6 Å². The minimum Gasteiger partial charge on any atom is -0.285 e. The van der Waals surface area contributed by atoms with Crippen LogP contribution in [0.1, 0.15) is 49.3 Å². The maximum atomic E-state index is 14.3. The van der Waals surface area contributed by atoms with Gasteiger partial charge >= 0.3 is 0 Å². The van der Waals surface area contributed by atoms with E-state index in [2.05, 4.69) is 20.3 Å². The molecule has 1 N–H and O–H groups in total. The first kappa shape index (κ1) is 18.9. The van der Waals surface area contributed by atoms with Crippen molar-refractivity contribution in [3.63, 3.8) is 0 Å². The van der Waals surface area contributed by atoms with Crippen LogP contribution in [-0.2, 0) is 5.75 Å². The Morgan fingerprint density at radius 2 is 2.04 bits per heavy atom. The molecular formula is C20H21F2N5S. The summed E-state index contributed by atoms with van der Waals surface area (Å²) in [5.74, 6) is -0.519. The predicted molar refractivity (Wildman–Crippen MR) is 106 cm³/mol. The van der Waals surface area contributed by atoms with E-state index < -0.39 is 11.8 Å². The van der Waals surface area contributed by atoms with E-state index in [0.717, 1.165) is 54.7 Å². The monoisotopic (exact) mass is 401 g/mol. The van der Waals surface area contributed by atoms with Crippen LogP contribution in [0.25, 0.3) is 17.5 Å². The van der Waals surface area contributed by atoms with Crippen LogP contribution in [0.15, 0.2) is 36.1 Å². The van der Waals surface area contributed by atoms with Crippen LogP contribution in [-0.4, -0.2) is 25.0 Å². The second-order valence-electron chi connectivity index (χ2n) is 6.89. The Bertz CT molecular complexity index is 946. The molecule has 3 aromatic rings. The average molecular weight is 401 g/mol. The van der Waals surface area contributed by atoms with Crippen LogP contribution in [0, 0.1) is 11.8 Å². The highest BCUT2D eigenvalue weighted by molar-refractivity contribution is 8.01. The van der Waals surface area contributed by atoms with Crippen molar-refractivity contribution in [2.75, 3.05) is 0 Å². The molecule has 1 aliphatic carbocycles. The zero-order valence-corrected chi connectivity index (χ0v) is 16.1. The van der Waals surface area contributed by atoms with Gasteiger partial charge in [0.15, 0.2) is 5.82 Å². The molecule has 1 saturated carbocycles. The van der Waals surface area contributed by atoms with Gasteiger partial charge in [0.1, 0.15) is 11.4 Å². The zero-order valence-electron chi connectivity index (χ0n) is 15.3. The van der Waals surface area contributed by atoms with Crippen molar-refractivity contribution in [2.24, 2.45) is 0 Å². The molecule has 146 valence electrons. The van der Waals surface area contributed by atoms with Gasteiger partial charge in [-0.2, -0.15) is 14.6 Å². The smallest absolute Gasteiger partial charge is 0.213 e. The van der Waals surface area contributed by atoms with Crippen molar-refractivity contribution in [3.8, 4) is 11.4 Å². The van der Waals surface area contributed by atoms with Gasteiger partial charge in [-0.05, 0) is 36.5 Å². The Morgan fingerprint density at radius 3 is 2.82 bits per heavy atom. The first-order chi connectivity index (χ1) is 13.7. The van der Waals surface area contributed by atoms with Gasteiger partial charge in [-0.25, -0.2) is 9.37 Å².